The van der Waals surface area contributed by atoms with Gasteiger partial charge in [0.15, 0.2) is 0 Å². The smallest absolute Gasteiger partial charge is 0.242 e. The van der Waals surface area contributed by atoms with Gasteiger partial charge >= 0.3 is 0 Å². The fourth-order valence-electron chi connectivity index (χ4n) is 3.19. The fraction of sp³-hybridized carbons (Fsp3) is 0.200. The summed E-state index contributed by atoms with van der Waals surface area (Å²) in [7, 11) is 0. The molecule has 166 valence electrons. The van der Waals surface area contributed by atoms with Crippen LogP contribution in [0.5, 0.6) is 0 Å². The Hall–Kier alpha value is -2.89. The molecule has 0 heterocycles. The minimum absolute atomic E-state index is 0.118. The fourth-order valence-corrected chi connectivity index (χ4v) is 3.44. The average molecular weight is 473 g/mol. The minimum atomic E-state index is -0.729. The molecule has 0 saturated heterocycles. The molecule has 32 heavy (non-hydrogen) atoms. The van der Waals surface area contributed by atoms with Crippen molar-refractivity contribution >= 4 is 35.0 Å². The summed E-state index contributed by atoms with van der Waals surface area (Å²) in [6.45, 7) is 2.18. The van der Waals surface area contributed by atoms with Crippen LogP contribution >= 0.6 is 23.2 Å². The SMILES string of the molecule is CC(C(=O)NCc1ccc(Cl)cc1)N(Cc1ccc(F)cc1)C(=O)Cc1ccc(Cl)cc1. The highest BCUT2D eigenvalue weighted by Crippen LogP contribution is 2.15. The molecule has 3 aromatic rings. The summed E-state index contributed by atoms with van der Waals surface area (Å²) >= 11 is 11.8. The van der Waals surface area contributed by atoms with Crippen LogP contribution in [0.15, 0.2) is 72.8 Å². The molecule has 1 atom stereocenters. The molecule has 4 nitrogen and oxygen atoms in total. The second-order valence-electron chi connectivity index (χ2n) is 7.47. The largest absolute Gasteiger partial charge is 0.350 e. The first kappa shape index (κ1) is 23.8. The Bertz CT molecular complexity index is 1050. The number of hydrogen-bond acceptors (Lipinski definition) is 2. The number of carbonyl (C=O) groups excluding carboxylic acids is 2. The van der Waals surface area contributed by atoms with Crippen molar-refractivity contribution in [3.8, 4) is 0 Å². The molecule has 3 rings (SSSR count). The Morgan fingerprint density at radius 1 is 0.844 bits per heavy atom. The van der Waals surface area contributed by atoms with Crippen LogP contribution in [-0.4, -0.2) is 22.8 Å². The van der Waals surface area contributed by atoms with Crippen LogP contribution in [0.2, 0.25) is 10.0 Å². The van der Waals surface area contributed by atoms with E-state index in [4.69, 9.17) is 23.2 Å². The maximum Gasteiger partial charge on any atom is 0.242 e. The van der Waals surface area contributed by atoms with Crippen molar-refractivity contribution in [2.24, 2.45) is 0 Å². The second-order valence-corrected chi connectivity index (χ2v) is 8.34. The van der Waals surface area contributed by atoms with Crippen molar-refractivity contribution in [1.82, 2.24) is 10.2 Å². The van der Waals surface area contributed by atoms with Crippen molar-refractivity contribution in [3.05, 3.63) is 105 Å². The number of halogens is 3. The third-order valence-electron chi connectivity index (χ3n) is 5.08. The predicted molar refractivity (Wildman–Crippen MR) is 125 cm³/mol. The van der Waals surface area contributed by atoms with Gasteiger partial charge in [0.2, 0.25) is 11.8 Å². The van der Waals surface area contributed by atoms with Crippen LogP contribution in [0.4, 0.5) is 4.39 Å². The maximum absolute atomic E-state index is 13.3. The quantitative estimate of drug-likeness (QED) is 0.476. The van der Waals surface area contributed by atoms with Gasteiger partial charge in [0.25, 0.3) is 0 Å². The molecule has 0 spiro atoms. The third kappa shape index (κ3) is 6.81. The van der Waals surface area contributed by atoms with Crippen LogP contribution in [0, 0.1) is 5.82 Å². The molecule has 2 amide bonds. The molecule has 0 aliphatic rings. The first-order chi connectivity index (χ1) is 15.3. The molecular formula is C25H23Cl2FN2O2. The van der Waals surface area contributed by atoms with Crippen molar-refractivity contribution in [2.45, 2.75) is 32.5 Å². The average Bonchev–Trinajstić information content (AvgIpc) is 2.79. The van der Waals surface area contributed by atoms with Crippen LogP contribution in [-0.2, 0) is 29.1 Å². The molecule has 3 aromatic carbocycles. The molecule has 0 aromatic heterocycles. The normalized spacial score (nSPS) is 11.6. The van der Waals surface area contributed by atoms with Crippen molar-refractivity contribution < 1.29 is 14.0 Å². The predicted octanol–water partition coefficient (Wildman–Crippen LogP) is 5.41. The Morgan fingerprint density at radius 2 is 1.34 bits per heavy atom. The third-order valence-corrected chi connectivity index (χ3v) is 5.59. The molecule has 0 fully saturated rings. The minimum Gasteiger partial charge on any atom is -0.350 e. The van der Waals surface area contributed by atoms with Crippen LogP contribution in [0.25, 0.3) is 0 Å². The van der Waals surface area contributed by atoms with E-state index in [1.165, 1.54) is 17.0 Å². The zero-order chi connectivity index (χ0) is 23.1. The van der Waals surface area contributed by atoms with Gasteiger partial charge in [-0.25, -0.2) is 4.39 Å². The van der Waals surface area contributed by atoms with Gasteiger partial charge in [0, 0.05) is 23.1 Å². The van der Waals surface area contributed by atoms with Crippen LogP contribution in [0.1, 0.15) is 23.6 Å². The van der Waals surface area contributed by atoms with E-state index < -0.39 is 6.04 Å². The first-order valence-electron chi connectivity index (χ1n) is 10.1. The molecule has 1 N–H and O–H groups in total. The van der Waals surface area contributed by atoms with E-state index in [9.17, 15) is 14.0 Å². The molecule has 7 heteroatoms. The van der Waals surface area contributed by atoms with E-state index in [0.29, 0.717) is 16.6 Å². The lowest BCUT2D eigenvalue weighted by Crippen LogP contribution is -2.48. The summed E-state index contributed by atoms with van der Waals surface area (Å²) < 4.78 is 13.3. The van der Waals surface area contributed by atoms with Gasteiger partial charge in [0.05, 0.1) is 6.42 Å². The van der Waals surface area contributed by atoms with E-state index >= 15 is 0 Å². The molecule has 0 saturated carbocycles. The molecule has 1 unspecified atom stereocenters. The van der Waals surface area contributed by atoms with Gasteiger partial charge in [0.1, 0.15) is 11.9 Å². The standard InChI is InChI=1S/C25H23Cl2FN2O2/c1-17(25(32)29-15-19-4-10-22(27)11-5-19)30(16-20-6-12-23(28)13-7-20)24(31)14-18-2-8-21(26)9-3-18/h2-13,17H,14-16H2,1H3,(H,29,32). The lowest BCUT2D eigenvalue weighted by Gasteiger charge is -2.29. The summed E-state index contributed by atoms with van der Waals surface area (Å²) in [4.78, 5) is 27.5. The van der Waals surface area contributed by atoms with Gasteiger partial charge in [-0.05, 0) is 60.0 Å². The Balaban J connectivity index is 1.73. The van der Waals surface area contributed by atoms with Gasteiger partial charge < -0.3 is 10.2 Å². The number of carbonyl (C=O) groups is 2. The Morgan fingerprint density at radius 3 is 1.91 bits per heavy atom. The summed E-state index contributed by atoms with van der Waals surface area (Å²) in [6, 6.07) is 19.3. The molecule has 0 aliphatic heterocycles. The second kappa shape index (κ2) is 11.1. The zero-order valence-corrected chi connectivity index (χ0v) is 19.0. The maximum atomic E-state index is 13.3. The highest BCUT2D eigenvalue weighted by Gasteiger charge is 2.26. The van der Waals surface area contributed by atoms with E-state index in [1.54, 1.807) is 55.5 Å². The van der Waals surface area contributed by atoms with Gasteiger partial charge in [-0.1, -0.05) is 59.6 Å². The molecule has 0 aliphatic carbocycles. The van der Waals surface area contributed by atoms with E-state index in [0.717, 1.165) is 16.7 Å². The number of amides is 2. The summed E-state index contributed by atoms with van der Waals surface area (Å²) in [5, 5.41) is 4.07. The summed E-state index contributed by atoms with van der Waals surface area (Å²) in [5.41, 5.74) is 2.41. The first-order valence-corrected chi connectivity index (χ1v) is 10.9. The highest BCUT2D eigenvalue weighted by atomic mass is 35.5. The van der Waals surface area contributed by atoms with E-state index in [1.807, 2.05) is 12.1 Å². The van der Waals surface area contributed by atoms with Crippen molar-refractivity contribution in [2.75, 3.05) is 0 Å². The van der Waals surface area contributed by atoms with Crippen molar-refractivity contribution in [3.63, 3.8) is 0 Å². The van der Waals surface area contributed by atoms with Crippen LogP contribution in [0.3, 0.4) is 0 Å². The van der Waals surface area contributed by atoms with Crippen LogP contribution < -0.4 is 5.32 Å². The van der Waals surface area contributed by atoms with Gasteiger partial charge in [-0.3, -0.25) is 9.59 Å². The lowest BCUT2D eigenvalue weighted by molar-refractivity contribution is -0.140. The van der Waals surface area contributed by atoms with Gasteiger partial charge in [-0.15, -0.1) is 0 Å². The molecule has 0 radical (unpaired) electrons. The number of hydrogen-bond donors (Lipinski definition) is 1. The topological polar surface area (TPSA) is 49.4 Å². The van der Waals surface area contributed by atoms with E-state index in [-0.39, 0.29) is 30.6 Å². The Kier molecular flexibility index (Phi) is 8.26. The lowest BCUT2D eigenvalue weighted by atomic mass is 10.1. The van der Waals surface area contributed by atoms with E-state index in [2.05, 4.69) is 5.32 Å². The number of nitrogens with zero attached hydrogens (tertiary/aromatic N) is 1. The summed E-state index contributed by atoms with van der Waals surface area (Å²) in [5.74, 6) is -0.862. The Labute approximate surface area is 197 Å². The molecule has 0 bridgehead atoms. The van der Waals surface area contributed by atoms with Gasteiger partial charge in [-0.2, -0.15) is 0 Å². The number of nitrogens with one attached hydrogen (secondary N) is 1. The molecular weight excluding hydrogens is 450 g/mol. The summed E-state index contributed by atoms with van der Waals surface area (Å²) in [6.07, 6.45) is 0.118. The number of benzene rings is 3. The highest BCUT2D eigenvalue weighted by molar-refractivity contribution is 6.30. The monoisotopic (exact) mass is 472 g/mol. The van der Waals surface area contributed by atoms with Crippen molar-refractivity contribution in [1.29, 1.82) is 0 Å². The number of rotatable bonds is 8. The zero-order valence-electron chi connectivity index (χ0n) is 17.5.